The first-order chi connectivity index (χ1) is 10.5. The number of nitrogens with zero attached hydrogens (tertiary/aromatic N) is 4. The summed E-state index contributed by atoms with van der Waals surface area (Å²) in [6.07, 6.45) is 6.56. The molecule has 4 heterocycles. The lowest BCUT2D eigenvalue weighted by Gasteiger charge is -2.39. The molecule has 0 aromatic carbocycles. The molecule has 0 amide bonds. The third kappa shape index (κ3) is 1.83. The predicted octanol–water partition coefficient (Wildman–Crippen LogP) is 1.11. The minimum absolute atomic E-state index is 0.258. The third-order valence-corrected chi connectivity index (χ3v) is 4.53. The second kappa shape index (κ2) is 4.56. The molecular weight excluding hydrogens is 275 g/mol. The summed E-state index contributed by atoms with van der Waals surface area (Å²) in [5.74, 6) is 2.25. The van der Waals surface area contributed by atoms with Crippen molar-refractivity contribution in [3.05, 3.63) is 40.9 Å². The number of aromatic nitrogens is 1. The number of fused-ring (bicyclic) bond motifs is 3. The molecule has 0 N–H and O–H groups in total. The van der Waals surface area contributed by atoms with Crippen LogP contribution in [0.2, 0.25) is 6.82 Å². The topological polar surface area (TPSA) is 35.8 Å². The van der Waals surface area contributed by atoms with Gasteiger partial charge in [0.25, 0.3) is 0 Å². The van der Waals surface area contributed by atoms with Gasteiger partial charge in [-0.2, -0.15) is 0 Å². The highest BCUT2D eigenvalue weighted by Crippen LogP contribution is 2.19. The van der Waals surface area contributed by atoms with Crippen LogP contribution >= 0.6 is 0 Å². The van der Waals surface area contributed by atoms with Gasteiger partial charge in [-0.25, -0.2) is 4.98 Å². The molecule has 0 saturated heterocycles. The van der Waals surface area contributed by atoms with Crippen LogP contribution in [0, 0.1) is 6.92 Å². The minimum Gasteiger partial charge on any atom is -0.436 e. The van der Waals surface area contributed by atoms with E-state index in [0.717, 1.165) is 21.7 Å². The summed E-state index contributed by atoms with van der Waals surface area (Å²) in [4.78, 5) is 8.88. The summed E-state index contributed by atoms with van der Waals surface area (Å²) in [6.45, 7) is 6.61. The summed E-state index contributed by atoms with van der Waals surface area (Å²) < 4.78 is 5.97. The molecule has 4 rings (SSSR count). The maximum Gasteiger partial charge on any atom is 0.304 e. The summed E-state index contributed by atoms with van der Waals surface area (Å²) >= 11 is 0. The lowest BCUT2D eigenvalue weighted by atomic mass is 9.63. The molecule has 0 bridgehead atoms. The summed E-state index contributed by atoms with van der Waals surface area (Å²) in [7, 11) is 2.08. The van der Waals surface area contributed by atoms with Crippen molar-refractivity contribution in [2.24, 2.45) is 0 Å². The minimum atomic E-state index is 0.258. The van der Waals surface area contributed by atoms with E-state index in [-0.39, 0.29) is 6.85 Å². The van der Waals surface area contributed by atoms with Gasteiger partial charge in [0.2, 0.25) is 5.71 Å². The largest absolute Gasteiger partial charge is 0.436 e. The molecule has 0 radical (unpaired) electrons. The highest BCUT2D eigenvalue weighted by molar-refractivity contribution is 6.70. The van der Waals surface area contributed by atoms with E-state index in [1.165, 1.54) is 0 Å². The van der Waals surface area contributed by atoms with E-state index in [1.807, 2.05) is 13.0 Å². The Labute approximate surface area is 129 Å². The van der Waals surface area contributed by atoms with Crippen molar-refractivity contribution in [3.8, 4) is 0 Å². The van der Waals surface area contributed by atoms with Crippen LogP contribution in [0.4, 0.5) is 0 Å². The monoisotopic (exact) mass is 294 g/mol. The van der Waals surface area contributed by atoms with Crippen molar-refractivity contribution in [1.82, 2.24) is 19.8 Å². The normalized spacial score (nSPS) is 20.5. The molecule has 1 atom stereocenters. The Morgan fingerprint density at radius 3 is 2.82 bits per heavy atom. The van der Waals surface area contributed by atoms with Gasteiger partial charge in [-0.05, 0) is 26.0 Å². The molecule has 0 fully saturated rings. The maximum atomic E-state index is 5.97. The Morgan fingerprint density at radius 2 is 2.09 bits per heavy atom. The van der Waals surface area contributed by atoms with Crippen molar-refractivity contribution < 1.29 is 4.42 Å². The van der Waals surface area contributed by atoms with Gasteiger partial charge in [0.05, 0.1) is 6.20 Å². The zero-order chi connectivity index (χ0) is 15.4. The molecule has 2 aliphatic heterocycles. The van der Waals surface area contributed by atoms with Gasteiger partial charge in [-0.15, -0.1) is 0 Å². The Balaban J connectivity index is 1.86. The molecule has 0 aliphatic carbocycles. The molecule has 112 valence electrons. The number of hydrogen-bond acceptors (Lipinski definition) is 5. The molecule has 5 nitrogen and oxygen atoms in total. The highest BCUT2D eigenvalue weighted by Gasteiger charge is 2.29. The smallest absolute Gasteiger partial charge is 0.304 e. The van der Waals surface area contributed by atoms with Gasteiger partial charge >= 0.3 is 6.85 Å². The van der Waals surface area contributed by atoms with E-state index in [2.05, 4.69) is 71.2 Å². The van der Waals surface area contributed by atoms with Gasteiger partial charge in [0, 0.05) is 35.7 Å². The molecule has 6 heteroatoms. The lowest BCUT2D eigenvalue weighted by molar-refractivity contribution is 0.0849. The second-order valence-electron chi connectivity index (χ2n) is 6.08. The van der Waals surface area contributed by atoms with Gasteiger partial charge < -0.3 is 14.2 Å². The molecule has 0 saturated carbocycles. The maximum absolute atomic E-state index is 5.97. The number of pyridine rings is 1. The van der Waals surface area contributed by atoms with Crippen LogP contribution in [0.15, 0.2) is 28.9 Å². The van der Waals surface area contributed by atoms with E-state index < -0.39 is 0 Å². The zero-order valence-corrected chi connectivity index (χ0v) is 13.3. The van der Waals surface area contributed by atoms with Crippen LogP contribution in [0.25, 0.3) is 23.3 Å². The first kappa shape index (κ1) is 13.3. The number of aryl methyl sites for hydroxylation is 1. The molecule has 2 aromatic heterocycles. The van der Waals surface area contributed by atoms with Gasteiger partial charge in [-0.1, -0.05) is 12.8 Å². The van der Waals surface area contributed by atoms with Crippen LogP contribution in [0.5, 0.6) is 0 Å². The van der Waals surface area contributed by atoms with Gasteiger partial charge in [0.1, 0.15) is 6.17 Å². The number of hydrogen-bond donors (Lipinski definition) is 0. The van der Waals surface area contributed by atoms with Crippen molar-refractivity contribution >= 4 is 30.1 Å². The average molecular weight is 294 g/mol. The molecule has 2 aromatic rings. The van der Waals surface area contributed by atoms with Crippen LogP contribution in [0.3, 0.4) is 0 Å². The number of furan rings is 1. The van der Waals surface area contributed by atoms with Gasteiger partial charge in [-0.3, -0.25) is 5.01 Å². The second-order valence-corrected chi connectivity index (χ2v) is 6.08. The van der Waals surface area contributed by atoms with E-state index >= 15 is 0 Å². The third-order valence-electron chi connectivity index (χ3n) is 4.53. The molecular formula is C16H19BN4O. The van der Waals surface area contributed by atoms with E-state index in [4.69, 9.17) is 4.42 Å². The first-order valence-electron chi connectivity index (χ1n) is 7.61. The van der Waals surface area contributed by atoms with Crippen LogP contribution in [0.1, 0.15) is 12.6 Å². The Kier molecular flexibility index (Phi) is 2.76. The van der Waals surface area contributed by atoms with Crippen LogP contribution in [-0.2, 0) is 0 Å². The fraction of sp³-hybridized carbons (Fsp3) is 0.312. The average Bonchev–Trinajstić information content (AvgIpc) is 2.99. The SMILES string of the molecule is CB1C=c2c(oc3nc(C)ccc23)=CN1N1C=CN(C)[C@@H]1C. The molecule has 22 heavy (non-hydrogen) atoms. The van der Waals surface area contributed by atoms with Crippen molar-refractivity contribution in [2.45, 2.75) is 26.8 Å². The molecule has 0 spiro atoms. The Morgan fingerprint density at radius 1 is 1.27 bits per heavy atom. The molecule has 0 unspecified atom stereocenters. The van der Waals surface area contributed by atoms with Crippen molar-refractivity contribution in [2.75, 3.05) is 7.05 Å². The zero-order valence-electron chi connectivity index (χ0n) is 13.3. The van der Waals surface area contributed by atoms with E-state index in [1.54, 1.807) is 0 Å². The number of hydrazine groups is 1. The Bertz CT molecular complexity index is 887. The van der Waals surface area contributed by atoms with Crippen molar-refractivity contribution in [3.63, 3.8) is 0 Å². The quantitative estimate of drug-likeness (QED) is 0.736. The van der Waals surface area contributed by atoms with E-state index in [0.29, 0.717) is 11.9 Å². The van der Waals surface area contributed by atoms with E-state index in [9.17, 15) is 0 Å². The van der Waals surface area contributed by atoms with Crippen LogP contribution < -0.4 is 10.6 Å². The lowest BCUT2D eigenvalue weighted by Crippen LogP contribution is -2.52. The van der Waals surface area contributed by atoms with Gasteiger partial charge in [0.15, 0.2) is 5.42 Å². The Hall–Kier alpha value is -2.37. The summed E-state index contributed by atoms with van der Waals surface area (Å²) in [5, 5.41) is 4.46. The van der Waals surface area contributed by atoms with Crippen LogP contribution in [-0.4, -0.2) is 39.9 Å². The number of rotatable bonds is 1. The summed E-state index contributed by atoms with van der Waals surface area (Å²) in [6, 6.07) is 4.13. The fourth-order valence-corrected chi connectivity index (χ4v) is 3.09. The molecule has 2 aliphatic rings. The fourth-order valence-electron chi connectivity index (χ4n) is 3.09. The predicted molar refractivity (Wildman–Crippen MR) is 88.6 cm³/mol. The first-order valence-corrected chi connectivity index (χ1v) is 7.61. The standard InChI is InChI=1S/C16H19BN4O/c1-11-5-6-13-14-9-17(3)21(10-15(14)22-16(13)18-11)20-8-7-19(4)12(20)2/h5-10,12H,1-4H3/t12-/m0/s1. The highest BCUT2D eigenvalue weighted by atomic mass is 16.3. The summed E-state index contributed by atoms with van der Waals surface area (Å²) in [5.41, 5.74) is 2.57. The van der Waals surface area contributed by atoms with Crippen molar-refractivity contribution in [1.29, 1.82) is 0 Å².